The van der Waals surface area contributed by atoms with Gasteiger partial charge in [0, 0.05) is 6.07 Å². The van der Waals surface area contributed by atoms with E-state index in [1.165, 1.54) is 12.3 Å². The normalized spacial score (nSPS) is 12.2. The van der Waals surface area contributed by atoms with Gasteiger partial charge in [0.2, 0.25) is 0 Å². The first-order chi connectivity index (χ1) is 8.56. The molecule has 0 aliphatic heterocycles. The number of aromatic nitrogens is 1. The largest absolute Gasteiger partial charge is 0.456 e. The minimum absolute atomic E-state index is 0.387. The Morgan fingerprint density at radius 2 is 2.00 bits per heavy atom. The van der Waals surface area contributed by atoms with Crippen molar-refractivity contribution < 1.29 is 14.2 Å². The summed E-state index contributed by atoms with van der Waals surface area (Å²) in [5, 5.41) is 9.31. The Balaban J connectivity index is 2.15. The highest BCUT2D eigenvalue weighted by Gasteiger charge is 2.05. The lowest BCUT2D eigenvalue weighted by atomic mass is 10.2. The van der Waals surface area contributed by atoms with Crippen molar-refractivity contribution in [3.63, 3.8) is 0 Å². The molecule has 0 radical (unpaired) electrons. The topological polar surface area (TPSA) is 42.4 Å². The zero-order chi connectivity index (χ0) is 13.1. The van der Waals surface area contributed by atoms with Crippen LogP contribution in [0.25, 0.3) is 0 Å². The molecule has 0 saturated carbocycles. The van der Waals surface area contributed by atoms with Gasteiger partial charge in [-0.1, -0.05) is 0 Å². The Labute approximate surface area is 112 Å². The molecule has 1 aromatic heterocycles. The van der Waals surface area contributed by atoms with E-state index in [2.05, 4.69) is 20.9 Å². The van der Waals surface area contributed by atoms with E-state index in [1.54, 1.807) is 31.2 Å². The first-order valence-corrected chi connectivity index (χ1v) is 6.12. The predicted molar refractivity (Wildman–Crippen MR) is 69.0 cm³/mol. The molecule has 0 unspecified atom stereocenters. The summed E-state index contributed by atoms with van der Waals surface area (Å²) in [6, 6.07) is 7.84. The van der Waals surface area contributed by atoms with Gasteiger partial charge in [0.05, 0.1) is 22.5 Å². The first-order valence-electron chi connectivity index (χ1n) is 5.33. The molecule has 0 spiro atoms. The van der Waals surface area contributed by atoms with Crippen LogP contribution in [0.15, 0.2) is 41.0 Å². The standard InChI is InChI=1S/C13H11BrFNO2/c1-8(17)13-5-3-10(7-16-13)18-9-2-4-11(14)12(15)6-9/h2-8,17H,1H3/t8-/m1/s1. The van der Waals surface area contributed by atoms with E-state index in [-0.39, 0.29) is 5.82 Å². The Morgan fingerprint density at radius 1 is 1.28 bits per heavy atom. The molecule has 3 nitrogen and oxygen atoms in total. The van der Waals surface area contributed by atoms with E-state index in [9.17, 15) is 9.50 Å². The molecule has 2 rings (SSSR count). The Kier molecular flexibility index (Phi) is 3.93. The van der Waals surface area contributed by atoms with Gasteiger partial charge < -0.3 is 9.84 Å². The summed E-state index contributed by atoms with van der Waals surface area (Å²) in [7, 11) is 0. The van der Waals surface area contributed by atoms with Crippen molar-refractivity contribution in [3.8, 4) is 11.5 Å². The second-order valence-electron chi connectivity index (χ2n) is 3.77. The molecule has 94 valence electrons. The van der Waals surface area contributed by atoms with Crippen molar-refractivity contribution in [3.05, 3.63) is 52.5 Å². The third-order valence-electron chi connectivity index (χ3n) is 2.31. The summed E-state index contributed by atoms with van der Waals surface area (Å²) < 4.78 is 19.1. The summed E-state index contributed by atoms with van der Waals surface area (Å²) >= 11 is 3.07. The highest BCUT2D eigenvalue weighted by molar-refractivity contribution is 9.10. The summed E-state index contributed by atoms with van der Waals surface area (Å²) in [5.41, 5.74) is 0.560. The predicted octanol–water partition coefficient (Wildman–Crippen LogP) is 3.83. The average Bonchev–Trinajstić information content (AvgIpc) is 2.34. The Hall–Kier alpha value is -1.46. The minimum atomic E-state index is -0.621. The highest BCUT2D eigenvalue weighted by Crippen LogP contribution is 2.25. The Morgan fingerprint density at radius 3 is 2.56 bits per heavy atom. The minimum Gasteiger partial charge on any atom is -0.456 e. The van der Waals surface area contributed by atoms with Crippen molar-refractivity contribution in [2.24, 2.45) is 0 Å². The fourth-order valence-corrected chi connectivity index (χ4v) is 1.62. The van der Waals surface area contributed by atoms with Crippen LogP contribution in [0.4, 0.5) is 4.39 Å². The van der Waals surface area contributed by atoms with Gasteiger partial charge >= 0.3 is 0 Å². The third kappa shape index (κ3) is 3.05. The van der Waals surface area contributed by atoms with Crippen LogP contribution in [0.1, 0.15) is 18.7 Å². The lowest BCUT2D eigenvalue weighted by molar-refractivity contribution is 0.194. The maximum absolute atomic E-state index is 13.3. The SMILES string of the molecule is C[C@@H](O)c1ccc(Oc2ccc(Br)c(F)c2)cn1. The molecule has 0 bridgehead atoms. The number of aliphatic hydroxyl groups excluding tert-OH is 1. The van der Waals surface area contributed by atoms with Crippen LogP contribution < -0.4 is 4.74 Å². The molecular formula is C13H11BrFNO2. The molecule has 2 aromatic rings. The van der Waals surface area contributed by atoms with Crippen molar-refractivity contribution >= 4 is 15.9 Å². The van der Waals surface area contributed by atoms with Gasteiger partial charge in [0.1, 0.15) is 17.3 Å². The Bertz CT molecular complexity index is 543. The number of aliphatic hydroxyl groups is 1. The molecule has 0 amide bonds. The number of nitrogens with zero attached hydrogens (tertiary/aromatic N) is 1. The number of rotatable bonds is 3. The van der Waals surface area contributed by atoms with Gasteiger partial charge in [-0.15, -0.1) is 0 Å². The third-order valence-corrected chi connectivity index (χ3v) is 2.96. The van der Waals surface area contributed by atoms with Gasteiger partial charge in [-0.25, -0.2) is 4.39 Å². The van der Waals surface area contributed by atoms with E-state index >= 15 is 0 Å². The second kappa shape index (κ2) is 5.46. The number of pyridine rings is 1. The van der Waals surface area contributed by atoms with Crippen molar-refractivity contribution in [2.75, 3.05) is 0 Å². The fourth-order valence-electron chi connectivity index (χ4n) is 1.38. The number of ether oxygens (including phenoxy) is 1. The van der Waals surface area contributed by atoms with Crippen molar-refractivity contribution in [1.29, 1.82) is 0 Å². The summed E-state index contributed by atoms with van der Waals surface area (Å²) in [5.74, 6) is 0.490. The van der Waals surface area contributed by atoms with Crippen molar-refractivity contribution in [2.45, 2.75) is 13.0 Å². The number of halogens is 2. The van der Waals surface area contributed by atoms with Crippen LogP contribution in [0.3, 0.4) is 0 Å². The molecule has 1 N–H and O–H groups in total. The highest BCUT2D eigenvalue weighted by atomic mass is 79.9. The van der Waals surface area contributed by atoms with Crippen LogP contribution in [0, 0.1) is 5.82 Å². The molecule has 1 atom stereocenters. The zero-order valence-corrected chi connectivity index (χ0v) is 11.2. The van der Waals surface area contributed by atoms with Gasteiger partial charge in [0.25, 0.3) is 0 Å². The summed E-state index contributed by atoms with van der Waals surface area (Å²) in [6.07, 6.45) is 0.867. The number of hydrogen-bond acceptors (Lipinski definition) is 3. The maximum atomic E-state index is 13.3. The molecule has 5 heteroatoms. The average molecular weight is 312 g/mol. The maximum Gasteiger partial charge on any atom is 0.145 e. The fraction of sp³-hybridized carbons (Fsp3) is 0.154. The molecular weight excluding hydrogens is 301 g/mol. The molecule has 0 aliphatic carbocycles. The van der Waals surface area contributed by atoms with Crippen LogP contribution in [-0.2, 0) is 0 Å². The monoisotopic (exact) mass is 311 g/mol. The van der Waals surface area contributed by atoms with E-state index in [1.807, 2.05) is 0 Å². The molecule has 1 aromatic carbocycles. The first kappa shape index (κ1) is 13.0. The number of hydrogen-bond donors (Lipinski definition) is 1. The lowest BCUT2D eigenvalue weighted by Crippen LogP contribution is -1.95. The van der Waals surface area contributed by atoms with Gasteiger partial charge in [-0.3, -0.25) is 4.98 Å². The van der Waals surface area contributed by atoms with Gasteiger partial charge in [-0.05, 0) is 47.1 Å². The molecule has 0 fully saturated rings. The van der Waals surface area contributed by atoms with E-state index in [0.717, 1.165) is 0 Å². The lowest BCUT2D eigenvalue weighted by Gasteiger charge is -2.07. The van der Waals surface area contributed by atoms with Crippen LogP contribution >= 0.6 is 15.9 Å². The molecule has 1 heterocycles. The van der Waals surface area contributed by atoms with E-state index in [4.69, 9.17) is 4.74 Å². The van der Waals surface area contributed by atoms with Crippen LogP contribution in [0.2, 0.25) is 0 Å². The van der Waals surface area contributed by atoms with Gasteiger partial charge in [-0.2, -0.15) is 0 Å². The molecule has 0 saturated heterocycles. The van der Waals surface area contributed by atoms with Crippen molar-refractivity contribution in [1.82, 2.24) is 4.98 Å². The quantitative estimate of drug-likeness (QED) is 0.936. The second-order valence-corrected chi connectivity index (χ2v) is 4.63. The number of benzene rings is 1. The smallest absolute Gasteiger partial charge is 0.145 e. The van der Waals surface area contributed by atoms with Gasteiger partial charge in [0.15, 0.2) is 0 Å². The zero-order valence-electron chi connectivity index (χ0n) is 9.60. The molecule has 18 heavy (non-hydrogen) atoms. The van der Waals surface area contributed by atoms with Crippen LogP contribution in [-0.4, -0.2) is 10.1 Å². The molecule has 0 aliphatic rings. The van der Waals surface area contributed by atoms with Crippen LogP contribution in [0.5, 0.6) is 11.5 Å². The van der Waals surface area contributed by atoms with E-state index in [0.29, 0.717) is 21.7 Å². The summed E-state index contributed by atoms with van der Waals surface area (Å²) in [6.45, 7) is 1.63. The van der Waals surface area contributed by atoms with E-state index < -0.39 is 6.10 Å². The summed E-state index contributed by atoms with van der Waals surface area (Å²) in [4.78, 5) is 4.04.